The number of piperidine rings is 1. The van der Waals surface area contributed by atoms with Crippen molar-refractivity contribution in [3.8, 4) is 28.3 Å². The summed E-state index contributed by atoms with van der Waals surface area (Å²) < 4.78 is 26.8. The van der Waals surface area contributed by atoms with Crippen molar-refractivity contribution in [1.82, 2.24) is 29.7 Å². The molecule has 0 aliphatic carbocycles. The maximum atomic E-state index is 12.5. The van der Waals surface area contributed by atoms with Gasteiger partial charge in [0.25, 0.3) is 0 Å². The number of hydrogen-bond acceptors (Lipinski definition) is 10. The Morgan fingerprint density at radius 1 is 0.976 bits per heavy atom. The summed E-state index contributed by atoms with van der Waals surface area (Å²) in [7, 11) is -3.47. The number of benzene rings is 2. The van der Waals surface area contributed by atoms with Crippen molar-refractivity contribution in [3.63, 3.8) is 0 Å². The van der Waals surface area contributed by atoms with Crippen LogP contribution in [0.1, 0.15) is 18.5 Å². The molecule has 0 amide bonds. The van der Waals surface area contributed by atoms with Crippen LogP contribution < -0.4 is 10.2 Å². The lowest BCUT2D eigenvalue weighted by molar-refractivity contribution is 0.154. The summed E-state index contributed by atoms with van der Waals surface area (Å²) >= 11 is 0. The molecule has 1 saturated heterocycles. The van der Waals surface area contributed by atoms with Gasteiger partial charge in [-0.3, -0.25) is 4.98 Å². The van der Waals surface area contributed by atoms with Crippen LogP contribution in [0.2, 0.25) is 0 Å². The number of anilines is 3. The highest BCUT2D eigenvalue weighted by Gasteiger charge is 2.24. The van der Waals surface area contributed by atoms with E-state index in [-0.39, 0.29) is 4.90 Å². The van der Waals surface area contributed by atoms with E-state index in [1.165, 1.54) is 6.26 Å². The molecule has 0 bridgehead atoms. The second-order valence-corrected chi connectivity index (χ2v) is 12.3. The molecule has 2 aromatic carbocycles. The highest BCUT2D eigenvalue weighted by atomic mass is 32.2. The fourth-order valence-corrected chi connectivity index (χ4v) is 5.82. The molecule has 6 rings (SSSR count). The largest absolute Gasteiger partial charge is 0.391 e. The van der Waals surface area contributed by atoms with E-state index < -0.39 is 15.9 Å². The summed E-state index contributed by atoms with van der Waals surface area (Å²) in [4.78, 5) is 19.9. The van der Waals surface area contributed by atoms with Gasteiger partial charge in [0.2, 0.25) is 5.95 Å². The molecule has 3 aromatic heterocycles. The number of aromatic nitrogens is 6. The van der Waals surface area contributed by atoms with Gasteiger partial charge in [0, 0.05) is 54.2 Å². The van der Waals surface area contributed by atoms with Crippen molar-refractivity contribution in [2.75, 3.05) is 29.6 Å². The van der Waals surface area contributed by atoms with Gasteiger partial charge in [-0.25, -0.2) is 28.1 Å². The van der Waals surface area contributed by atoms with Crippen LogP contribution in [-0.4, -0.2) is 68.7 Å². The fourth-order valence-electron chi connectivity index (χ4n) is 4.94. The van der Waals surface area contributed by atoms with E-state index in [9.17, 15) is 13.5 Å². The zero-order valence-corrected chi connectivity index (χ0v) is 24.0. The van der Waals surface area contributed by atoms with Gasteiger partial charge in [0.05, 0.1) is 28.1 Å². The first-order valence-electron chi connectivity index (χ1n) is 13.6. The number of sulfone groups is 1. The molecule has 0 spiro atoms. The van der Waals surface area contributed by atoms with Crippen LogP contribution in [0.4, 0.5) is 17.3 Å². The molecule has 0 saturated carbocycles. The maximum Gasteiger partial charge on any atom is 0.227 e. The van der Waals surface area contributed by atoms with E-state index in [0.717, 1.165) is 34.6 Å². The number of hydrogen-bond donors (Lipinski definition) is 2. The third-order valence-electron chi connectivity index (χ3n) is 7.10. The van der Waals surface area contributed by atoms with E-state index in [0.29, 0.717) is 42.7 Å². The third kappa shape index (κ3) is 5.99. The molecule has 12 heteroatoms. The Morgan fingerprint density at radius 2 is 1.79 bits per heavy atom. The number of nitrogens with zero attached hydrogens (tertiary/aromatic N) is 7. The molecule has 214 valence electrons. The number of aliphatic hydroxyl groups is 1. The van der Waals surface area contributed by atoms with E-state index in [1.54, 1.807) is 41.6 Å². The minimum atomic E-state index is -3.47. The molecule has 1 unspecified atom stereocenters. The summed E-state index contributed by atoms with van der Waals surface area (Å²) in [5, 5.41) is 18.0. The lowest BCUT2D eigenvalue weighted by atomic mass is 10.1. The zero-order chi connectivity index (χ0) is 29.3. The van der Waals surface area contributed by atoms with Crippen LogP contribution in [0.15, 0.2) is 84.3 Å². The van der Waals surface area contributed by atoms with Crippen molar-refractivity contribution in [3.05, 3.63) is 85.1 Å². The molecule has 4 heterocycles. The highest BCUT2D eigenvalue weighted by Crippen LogP contribution is 2.33. The molecule has 5 aromatic rings. The molecule has 1 fully saturated rings. The third-order valence-corrected chi connectivity index (χ3v) is 8.24. The number of β-amino-alcohol motifs (C(OH)–C–C–N with tert-alkyl or cyclic N) is 1. The molecule has 11 nitrogen and oxygen atoms in total. The SMILES string of the molecule is Cc1ccc(-c2ncn(-c3ccc(Nc4nccc(-c5ccc(S(C)(=O)=O)c(N6CCCC(O)C6)c5)n4)cc3)n2)cn1. The zero-order valence-electron chi connectivity index (χ0n) is 23.2. The van der Waals surface area contributed by atoms with Gasteiger partial charge in [0.1, 0.15) is 6.33 Å². The summed E-state index contributed by atoms with van der Waals surface area (Å²) in [5.74, 6) is 0.997. The normalized spacial score (nSPS) is 15.5. The Hall–Kier alpha value is -4.68. The Bertz CT molecular complexity index is 1820. The lowest BCUT2D eigenvalue weighted by Gasteiger charge is -2.33. The minimum Gasteiger partial charge on any atom is -0.391 e. The van der Waals surface area contributed by atoms with Gasteiger partial charge in [0.15, 0.2) is 15.7 Å². The van der Waals surface area contributed by atoms with Crippen molar-refractivity contribution < 1.29 is 13.5 Å². The Morgan fingerprint density at radius 3 is 2.52 bits per heavy atom. The van der Waals surface area contributed by atoms with Crippen molar-refractivity contribution >= 4 is 27.2 Å². The molecule has 1 atom stereocenters. The predicted molar refractivity (Wildman–Crippen MR) is 161 cm³/mol. The summed E-state index contributed by atoms with van der Waals surface area (Å²) in [6.45, 7) is 3.00. The van der Waals surface area contributed by atoms with Gasteiger partial charge in [-0.2, -0.15) is 0 Å². The first kappa shape index (κ1) is 27.5. The van der Waals surface area contributed by atoms with Gasteiger partial charge in [-0.15, -0.1) is 5.10 Å². The Balaban J connectivity index is 1.21. The minimum absolute atomic E-state index is 0.239. The number of nitrogens with one attached hydrogen (secondary N) is 1. The molecule has 2 N–H and O–H groups in total. The monoisotopic (exact) mass is 582 g/mol. The topological polar surface area (TPSA) is 139 Å². The molecule has 1 aliphatic heterocycles. The van der Waals surface area contributed by atoms with Crippen LogP contribution >= 0.6 is 0 Å². The van der Waals surface area contributed by atoms with Crippen LogP contribution in [0, 0.1) is 6.92 Å². The van der Waals surface area contributed by atoms with Crippen LogP contribution in [0.3, 0.4) is 0 Å². The number of rotatable bonds is 7. The molecular formula is C30H30N8O3S. The Labute approximate surface area is 243 Å². The van der Waals surface area contributed by atoms with Crippen molar-refractivity contribution in [1.29, 1.82) is 0 Å². The maximum absolute atomic E-state index is 12.5. The average Bonchev–Trinajstić information content (AvgIpc) is 3.48. The fraction of sp³-hybridized carbons (Fsp3) is 0.233. The summed E-state index contributed by atoms with van der Waals surface area (Å²) in [6.07, 6.45) is 7.28. The summed E-state index contributed by atoms with van der Waals surface area (Å²) in [5.41, 5.74) is 5.38. The van der Waals surface area contributed by atoms with Gasteiger partial charge in [-0.1, -0.05) is 6.07 Å². The lowest BCUT2D eigenvalue weighted by Crippen LogP contribution is -2.38. The number of pyridine rings is 1. The predicted octanol–water partition coefficient (Wildman–Crippen LogP) is 4.20. The van der Waals surface area contributed by atoms with E-state index >= 15 is 0 Å². The van der Waals surface area contributed by atoms with Gasteiger partial charge in [-0.05, 0) is 74.4 Å². The molecule has 1 aliphatic rings. The molecule has 42 heavy (non-hydrogen) atoms. The van der Waals surface area contributed by atoms with Crippen LogP contribution in [-0.2, 0) is 9.84 Å². The van der Waals surface area contributed by atoms with E-state index in [4.69, 9.17) is 0 Å². The van der Waals surface area contributed by atoms with Crippen LogP contribution in [0.25, 0.3) is 28.3 Å². The second kappa shape index (κ2) is 11.3. The first-order valence-corrected chi connectivity index (χ1v) is 15.4. The second-order valence-electron chi connectivity index (χ2n) is 10.3. The molecule has 0 radical (unpaired) electrons. The van der Waals surface area contributed by atoms with Crippen molar-refractivity contribution in [2.24, 2.45) is 0 Å². The number of aliphatic hydroxyl groups excluding tert-OH is 1. The molecular weight excluding hydrogens is 552 g/mol. The quantitative estimate of drug-likeness (QED) is 0.287. The highest BCUT2D eigenvalue weighted by molar-refractivity contribution is 7.90. The van der Waals surface area contributed by atoms with Gasteiger partial charge < -0.3 is 15.3 Å². The van der Waals surface area contributed by atoms with Crippen LogP contribution in [0.5, 0.6) is 0 Å². The smallest absolute Gasteiger partial charge is 0.227 e. The standard InChI is InChI=1S/C30H30N8O3S/c1-20-5-6-22(17-32-20)29-33-19-38(36-29)24-10-8-23(9-11-24)34-30-31-14-13-26(35-30)21-7-12-28(42(2,40)41)27(16-21)37-15-3-4-25(39)18-37/h5-14,16-17,19,25,39H,3-4,15,18H2,1-2H3,(H,31,34,35). The number of aryl methyl sites for hydroxylation is 1. The van der Waals surface area contributed by atoms with E-state index in [1.807, 2.05) is 54.3 Å². The van der Waals surface area contributed by atoms with Gasteiger partial charge >= 0.3 is 0 Å². The van der Waals surface area contributed by atoms with E-state index in [2.05, 4.69) is 30.4 Å². The first-order chi connectivity index (χ1) is 20.2. The average molecular weight is 583 g/mol. The van der Waals surface area contributed by atoms with Crippen molar-refractivity contribution in [2.45, 2.75) is 30.8 Å². The Kier molecular flexibility index (Phi) is 7.40. The summed E-state index contributed by atoms with van der Waals surface area (Å²) in [6, 6.07) is 18.5.